The molecule has 0 aliphatic heterocycles. The first-order chi connectivity index (χ1) is 10.6. The highest BCUT2D eigenvalue weighted by atomic mass is 16.5. The fourth-order valence-corrected chi connectivity index (χ4v) is 1.80. The van der Waals surface area contributed by atoms with Crippen molar-refractivity contribution in [3.63, 3.8) is 0 Å². The van der Waals surface area contributed by atoms with Crippen molar-refractivity contribution in [2.45, 2.75) is 46.1 Å². The van der Waals surface area contributed by atoms with Crippen LogP contribution < -0.4 is 14.8 Å². The first-order valence-electron chi connectivity index (χ1n) is 7.90. The predicted octanol–water partition coefficient (Wildman–Crippen LogP) is 3.80. The lowest BCUT2D eigenvalue weighted by Crippen LogP contribution is -2.30. The highest BCUT2D eigenvalue weighted by Crippen LogP contribution is 2.28. The van der Waals surface area contributed by atoms with Gasteiger partial charge in [-0.05, 0) is 43.5 Å². The minimum absolute atomic E-state index is 0.0865. The van der Waals surface area contributed by atoms with Crippen LogP contribution in [-0.4, -0.2) is 25.7 Å². The Labute approximate surface area is 133 Å². The van der Waals surface area contributed by atoms with Crippen LogP contribution in [0.25, 0.3) is 6.08 Å². The lowest BCUT2D eigenvalue weighted by Gasteiger charge is -2.11. The van der Waals surface area contributed by atoms with E-state index in [2.05, 4.69) is 12.2 Å². The van der Waals surface area contributed by atoms with Gasteiger partial charge in [0.15, 0.2) is 11.5 Å². The number of unbranched alkanes of at least 4 members (excludes halogenated alkanes) is 1. The van der Waals surface area contributed by atoms with Gasteiger partial charge in [-0.1, -0.05) is 26.3 Å². The third kappa shape index (κ3) is 6.20. The molecule has 1 N–H and O–H groups in total. The van der Waals surface area contributed by atoms with E-state index in [1.165, 1.54) is 0 Å². The number of hydrogen-bond acceptors (Lipinski definition) is 3. The van der Waals surface area contributed by atoms with Crippen LogP contribution in [0, 0.1) is 0 Å². The van der Waals surface area contributed by atoms with Gasteiger partial charge in [-0.3, -0.25) is 4.79 Å². The van der Waals surface area contributed by atoms with Crippen molar-refractivity contribution >= 4 is 12.0 Å². The lowest BCUT2D eigenvalue weighted by molar-refractivity contribution is -0.117. The molecule has 1 atom stereocenters. The van der Waals surface area contributed by atoms with E-state index in [0.717, 1.165) is 30.6 Å². The number of carbonyl (C=O) groups excluding carboxylic acids is 1. The fraction of sp³-hybridized carbons (Fsp3) is 0.500. The van der Waals surface area contributed by atoms with Crippen molar-refractivity contribution in [3.8, 4) is 11.5 Å². The molecule has 122 valence electrons. The molecule has 0 aliphatic rings. The Morgan fingerprint density at radius 3 is 2.73 bits per heavy atom. The monoisotopic (exact) mass is 305 g/mol. The highest BCUT2D eigenvalue weighted by Gasteiger charge is 2.05. The number of nitrogens with one attached hydrogen (secondary N) is 1. The fourth-order valence-electron chi connectivity index (χ4n) is 1.80. The molecule has 0 saturated heterocycles. The van der Waals surface area contributed by atoms with Gasteiger partial charge in [0.1, 0.15) is 0 Å². The van der Waals surface area contributed by atoms with Crippen molar-refractivity contribution < 1.29 is 14.3 Å². The summed E-state index contributed by atoms with van der Waals surface area (Å²) in [5, 5.41) is 2.89. The number of methoxy groups -OCH3 is 1. The summed E-state index contributed by atoms with van der Waals surface area (Å²) in [6.45, 7) is 6.83. The molecule has 1 unspecified atom stereocenters. The minimum Gasteiger partial charge on any atom is -0.493 e. The van der Waals surface area contributed by atoms with Gasteiger partial charge in [-0.25, -0.2) is 0 Å². The van der Waals surface area contributed by atoms with Crippen molar-refractivity contribution in [2.75, 3.05) is 13.7 Å². The van der Waals surface area contributed by atoms with Crippen LogP contribution in [-0.2, 0) is 4.79 Å². The molecule has 0 bridgehead atoms. The maximum atomic E-state index is 11.7. The molecule has 0 aromatic heterocycles. The molecule has 0 heterocycles. The molecule has 22 heavy (non-hydrogen) atoms. The van der Waals surface area contributed by atoms with Crippen molar-refractivity contribution in [3.05, 3.63) is 29.8 Å². The van der Waals surface area contributed by atoms with E-state index in [9.17, 15) is 4.79 Å². The number of carbonyl (C=O) groups is 1. The van der Waals surface area contributed by atoms with Crippen LogP contribution >= 0.6 is 0 Å². The zero-order chi connectivity index (χ0) is 16.4. The van der Waals surface area contributed by atoms with Crippen LogP contribution in [0.15, 0.2) is 24.3 Å². The molecule has 0 spiro atoms. The number of amides is 1. The van der Waals surface area contributed by atoms with Gasteiger partial charge in [0, 0.05) is 12.1 Å². The lowest BCUT2D eigenvalue weighted by atomic mass is 10.2. The SMILES string of the molecule is CCCCOc1ccc(C=CC(=O)NC(C)CC)cc1OC. The van der Waals surface area contributed by atoms with E-state index < -0.39 is 0 Å². The third-order valence-corrected chi connectivity index (χ3v) is 3.37. The molecule has 0 saturated carbocycles. The van der Waals surface area contributed by atoms with Gasteiger partial charge in [-0.15, -0.1) is 0 Å². The van der Waals surface area contributed by atoms with E-state index in [1.807, 2.05) is 32.0 Å². The quantitative estimate of drug-likeness (QED) is 0.557. The van der Waals surface area contributed by atoms with Gasteiger partial charge in [0.2, 0.25) is 5.91 Å². The van der Waals surface area contributed by atoms with Gasteiger partial charge in [-0.2, -0.15) is 0 Å². The standard InChI is InChI=1S/C18H27NO3/c1-5-7-12-22-16-10-8-15(13-17(16)21-4)9-11-18(20)19-14(3)6-2/h8-11,13-14H,5-7,12H2,1-4H3,(H,19,20). The predicted molar refractivity (Wildman–Crippen MR) is 90.3 cm³/mol. The van der Waals surface area contributed by atoms with Crippen molar-refractivity contribution in [2.24, 2.45) is 0 Å². The summed E-state index contributed by atoms with van der Waals surface area (Å²) in [4.78, 5) is 11.7. The normalized spacial score (nSPS) is 12.2. The summed E-state index contributed by atoms with van der Waals surface area (Å²) >= 11 is 0. The maximum Gasteiger partial charge on any atom is 0.244 e. The molecule has 0 fully saturated rings. The number of ether oxygens (including phenoxy) is 2. The number of rotatable bonds is 9. The van der Waals surface area contributed by atoms with E-state index in [1.54, 1.807) is 19.3 Å². The largest absolute Gasteiger partial charge is 0.493 e. The molecule has 4 heteroatoms. The van der Waals surface area contributed by atoms with Gasteiger partial charge < -0.3 is 14.8 Å². The van der Waals surface area contributed by atoms with Gasteiger partial charge >= 0.3 is 0 Å². The minimum atomic E-state index is -0.0865. The zero-order valence-corrected chi connectivity index (χ0v) is 14.0. The maximum absolute atomic E-state index is 11.7. The number of hydrogen-bond donors (Lipinski definition) is 1. The molecule has 1 amide bonds. The second-order valence-electron chi connectivity index (χ2n) is 5.26. The summed E-state index contributed by atoms with van der Waals surface area (Å²) in [5.41, 5.74) is 0.902. The molecule has 0 aliphatic carbocycles. The smallest absolute Gasteiger partial charge is 0.244 e. The first kappa shape index (κ1) is 18.1. The van der Waals surface area contributed by atoms with Crippen LogP contribution in [0.2, 0.25) is 0 Å². The Bertz CT molecular complexity index is 497. The van der Waals surface area contributed by atoms with Crippen LogP contribution in [0.3, 0.4) is 0 Å². The average molecular weight is 305 g/mol. The zero-order valence-electron chi connectivity index (χ0n) is 14.0. The summed E-state index contributed by atoms with van der Waals surface area (Å²) in [7, 11) is 1.62. The molecule has 0 radical (unpaired) electrons. The summed E-state index contributed by atoms with van der Waals surface area (Å²) in [6.07, 6.45) is 6.33. The Balaban J connectivity index is 2.70. The van der Waals surface area contributed by atoms with Gasteiger partial charge in [0.05, 0.1) is 13.7 Å². The van der Waals surface area contributed by atoms with Gasteiger partial charge in [0.25, 0.3) is 0 Å². The van der Waals surface area contributed by atoms with Crippen molar-refractivity contribution in [1.29, 1.82) is 0 Å². The second kappa shape index (κ2) is 9.87. The summed E-state index contributed by atoms with van der Waals surface area (Å²) in [5.74, 6) is 1.33. The average Bonchev–Trinajstić information content (AvgIpc) is 2.53. The van der Waals surface area contributed by atoms with Crippen molar-refractivity contribution in [1.82, 2.24) is 5.32 Å². The Morgan fingerprint density at radius 2 is 2.09 bits per heavy atom. The van der Waals surface area contributed by atoms with Crippen LogP contribution in [0.5, 0.6) is 11.5 Å². The summed E-state index contributed by atoms with van der Waals surface area (Å²) < 4.78 is 11.0. The molecule has 1 aromatic carbocycles. The Kier molecular flexibility index (Phi) is 8.11. The highest BCUT2D eigenvalue weighted by molar-refractivity contribution is 5.91. The van der Waals surface area contributed by atoms with E-state index in [0.29, 0.717) is 12.4 Å². The number of benzene rings is 1. The Hall–Kier alpha value is -1.97. The van der Waals surface area contributed by atoms with E-state index in [-0.39, 0.29) is 11.9 Å². The molecule has 1 rings (SSSR count). The Morgan fingerprint density at radius 1 is 1.32 bits per heavy atom. The molecule has 1 aromatic rings. The van der Waals surface area contributed by atoms with Crippen LogP contribution in [0.1, 0.15) is 45.6 Å². The molecular formula is C18H27NO3. The van der Waals surface area contributed by atoms with E-state index >= 15 is 0 Å². The molecular weight excluding hydrogens is 278 g/mol. The summed E-state index contributed by atoms with van der Waals surface area (Å²) in [6, 6.07) is 5.84. The molecule has 4 nitrogen and oxygen atoms in total. The second-order valence-corrected chi connectivity index (χ2v) is 5.26. The topological polar surface area (TPSA) is 47.6 Å². The third-order valence-electron chi connectivity index (χ3n) is 3.37. The first-order valence-corrected chi connectivity index (χ1v) is 7.90. The van der Waals surface area contributed by atoms with Crippen LogP contribution in [0.4, 0.5) is 0 Å². The van der Waals surface area contributed by atoms with E-state index in [4.69, 9.17) is 9.47 Å².